The number of methoxy groups -OCH3 is 1. The Hall–Kier alpha value is -0.450. The highest BCUT2D eigenvalue weighted by Crippen LogP contribution is 2.22. The Morgan fingerprint density at radius 2 is 2.19 bits per heavy atom. The highest BCUT2D eigenvalue weighted by molar-refractivity contribution is 9.10. The third-order valence-corrected chi connectivity index (χ3v) is 3.44. The summed E-state index contributed by atoms with van der Waals surface area (Å²) in [5.74, 6) is -0.246. The van der Waals surface area contributed by atoms with Crippen molar-refractivity contribution < 1.29 is 9.13 Å². The van der Waals surface area contributed by atoms with Gasteiger partial charge in [-0.25, -0.2) is 4.39 Å². The normalized spacial score (nSPS) is 14.8. The van der Waals surface area contributed by atoms with Crippen molar-refractivity contribution in [1.29, 1.82) is 0 Å². The monoisotopic (exact) mass is 289 g/mol. The molecule has 0 amide bonds. The van der Waals surface area contributed by atoms with E-state index in [9.17, 15) is 4.39 Å². The quantitative estimate of drug-likeness (QED) is 0.905. The van der Waals surface area contributed by atoms with E-state index in [0.717, 1.165) is 12.0 Å². The predicted octanol–water partition coefficient (Wildman–Crippen LogP) is 2.88. The van der Waals surface area contributed by atoms with Crippen LogP contribution in [0.1, 0.15) is 18.9 Å². The van der Waals surface area contributed by atoms with E-state index >= 15 is 0 Å². The smallest absolute Gasteiger partial charge is 0.137 e. The molecule has 1 aromatic rings. The molecule has 0 aromatic heterocycles. The molecule has 2 nitrogen and oxygen atoms in total. The predicted molar refractivity (Wildman–Crippen MR) is 66.9 cm³/mol. The molecule has 0 saturated carbocycles. The average Bonchev–Trinajstić information content (AvgIpc) is 2.24. The summed E-state index contributed by atoms with van der Waals surface area (Å²) in [6.07, 6.45) is 1.54. The van der Waals surface area contributed by atoms with Crippen LogP contribution in [-0.4, -0.2) is 19.3 Å². The van der Waals surface area contributed by atoms with Crippen LogP contribution >= 0.6 is 15.9 Å². The molecule has 0 spiro atoms. The topological polar surface area (TPSA) is 35.2 Å². The van der Waals surface area contributed by atoms with Crippen molar-refractivity contribution >= 4 is 15.9 Å². The summed E-state index contributed by atoms with van der Waals surface area (Å²) >= 11 is 3.23. The first kappa shape index (κ1) is 13.6. The molecule has 1 aromatic carbocycles. The Bertz CT molecular complexity index is 346. The van der Waals surface area contributed by atoms with E-state index in [1.807, 2.05) is 13.0 Å². The number of halogens is 2. The summed E-state index contributed by atoms with van der Waals surface area (Å²) < 4.78 is 18.9. The van der Waals surface area contributed by atoms with Crippen LogP contribution in [0.5, 0.6) is 0 Å². The Kier molecular flexibility index (Phi) is 5.38. The molecule has 0 aliphatic rings. The molecule has 2 N–H and O–H groups in total. The van der Waals surface area contributed by atoms with Gasteiger partial charge in [0, 0.05) is 13.2 Å². The Morgan fingerprint density at radius 3 is 2.81 bits per heavy atom. The largest absolute Gasteiger partial charge is 0.382 e. The molecule has 0 bridgehead atoms. The van der Waals surface area contributed by atoms with Gasteiger partial charge in [-0.2, -0.15) is 0 Å². The fourth-order valence-electron chi connectivity index (χ4n) is 1.59. The molecule has 2 atom stereocenters. The van der Waals surface area contributed by atoms with E-state index in [2.05, 4.69) is 15.9 Å². The maximum atomic E-state index is 13.2. The summed E-state index contributed by atoms with van der Waals surface area (Å²) in [7, 11) is 1.66. The van der Waals surface area contributed by atoms with E-state index in [-0.39, 0.29) is 18.0 Å². The summed E-state index contributed by atoms with van der Waals surface area (Å²) in [6, 6.07) is 4.98. The Morgan fingerprint density at radius 1 is 1.50 bits per heavy atom. The lowest BCUT2D eigenvalue weighted by atomic mass is 10.0. The SMILES string of the molecule is COC(C)CC(N)Cc1cccc(F)c1Br. The minimum absolute atomic E-state index is 0.0203. The fraction of sp³-hybridized carbons (Fsp3) is 0.500. The van der Waals surface area contributed by atoms with Gasteiger partial charge in [0.1, 0.15) is 5.82 Å². The molecule has 0 heterocycles. The van der Waals surface area contributed by atoms with Crippen LogP contribution in [0.25, 0.3) is 0 Å². The van der Waals surface area contributed by atoms with Crippen molar-refractivity contribution in [3.63, 3.8) is 0 Å². The third-order valence-electron chi connectivity index (χ3n) is 2.55. The summed E-state index contributed by atoms with van der Waals surface area (Å²) in [4.78, 5) is 0. The minimum atomic E-state index is -0.246. The molecule has 0 saturated heterocycles. The van der Waals surface area contributed by atoms with Gasteiger partial charge in [-0.05, 0) is 47.3 Å². The number of hydrogen-bond acceptors (Lipinski definition) is 2. The standard InChI is InChI=1S/C12H17BrFNO/c1-8(16-2)6-10(15)7-9-4-3-5-11(14)12(9)13/h3-5,8,10H,6-7,15H2,1-2H3. The van der Waals surface area contributed by atoms with Gasteiger partial charge in [-0.15, -0.1) is 0 Å². The molecule has 16 heavy (non-hydrogen) atoms. The van der Waals surface area contributed by atoms with Crippen LogP contribution in [-0.2, 0) is 11.2 Å². The van der Waals surface area contributed by atoms with Gasteiger partial charge >= 0.3 is 0 Å². The van der Waals surface area contributed by atoms with Gasteiger partial charge in [0.15, 0.2) is 0 Å². The zero-order chi connectivity index (χ0) is 12.1. The number of hydrogen-bond donors (Lipinski definition) is 1. The van der Waals surface area contributed by atoms with Gasteiger partial charge in [0.05, 0.1) is 10.6 Å². The van der Waals surface area contributed by atoms with E-state index < -0.39 is 0 Å². The molecular weight excluding hydrogens is 273 g/mol. The summed E-state index contributed by atoms with van der Waals surface area (Å²) in [5, 5.41) is 0. The Balaban J connectivity index is 2.62. The first-order valence-corrected chi connectivity index (χ1v) is 6.05. The summed E-state index contributed by atoms with van der Waals surface area (Å²) in [6.45, 7) is 1.97. The van der Waals surface area contributed by atoms with Crippen LogP contribution in [0.15, 0.2) is 22.7 Å². The van der Waals surface area contributed by atoms with Gasteiger partial charge in [0.25, 0.3) is 0 Å². The second-order valence-corrected chi connectivity index (χ2v) is 4.75. The second-order valence-electron chi connectivity index (χ2n) is 3.96. The molecule has 2 unspecified atom stereocenters. The fourth-order valence-corrected chi connectivity index (χ4v) is 2.02. The van der Waals surface area contributed by atoms with Crippen LogP contribution in [0.3, 0.4) is 0 Å². The van der Waals surface area contributed by atoms with Crippen LogP contribution in [0.2, 0.25) is 0 Å². The Labute approximate surface area is 104 Å². The molecule has 4 heteroatoms. The van der Waals surface area contributed by atoms with E-state index in [1.54, 1.807) is 13.2 Å². The minimum Gasteiger partial charge on any atom is -0.382 e. The van der Waals surface area contributed by atoms with Crippen LogP contribution < -0.4 is 5.73 Å². The van der Waals surface area contributed by atoms with Crippen molar-refractivity contribution in [1.82, 2.24) is 0 Å². The highest BCUT2D eigenvalue weighted by Gasteiger charge is 2.12. The number of nitrogens with two attached hydrogens (primary N) is 1. The summed E-state index contributed by atoms with van der Waals surface area (Å²) in [5.41, 5.74) is 6.88. The zero-order valence-electron chi connectivity index (χ0n) is 9.54. The van der Waals surface area contributed by atoms with Crippen molar-refractivity contribution in [3.8, 4) is 0 Å². The maximum Gasteiger partial charge on any atom is 0.137 e. The van der Waals surface area contributed by atoms with E-state index in [0.29, 0.717) is 10.9 Å². The van der Waals surface area contributed by atoms with Gasteiger partial charge < -0.3 is 10.5 Å². The van der Waals surface area contributed by atoms with Crippen molar-refractivity contribution in [2.75, 3.05) is 7.11 Å². The first-order valence-electron chi connectivity index (χ1n) is 5.25. The molecule has 90 valence electrons. The molecule has 0 radical (unpaired) electrons. The highest BCUT2D eigenvalue weighted by atomic mass is 79.9. The van der Waals surface area contributed by atoms with Crippen molar-refractivity contribution in [2.24, 2.45) is 5.73 Å². The molecule has 0 fully saturated rings. The van der Waals surface area contributed by atoms with Gasteiger partial charge in [-0.3, -0.25) is 0 Å². The molecular formula is C12H17BrFNO. The zero-order valence-corrected chi connectivity index (χ0v) is 11.1. The first-order chi connectivity index (χ1) is 7.54. The average molecular weight is 290 g/mol. The van der Waals surface area contributed by atoms with Crippen molar-refractivity contribution in [2.45, 2.75) is 31.9 Å². The number of rotatable bonds is 5. The van der Waals surface area contributed by atoms with Gasteiger partial charge in [-0.1, -0.05) is 12.1 Å². The van der Waals surface area contributed by atoms with Crippen molar-refractivity contribution in [3.05, 3.63) is 34.1 Å². The lowest BCUT2D eigenvalue weighted by Crippen LogP contribution is -2.28. The molecule has 1 rings (SSSR count). The second kappa shape index (κ2) is 6.33. The van der Waals surface area contributed by atoms with Crippen LogP contribution in [0, 0.1) is 5.82 Å². The van der Waals surface area contributed by atoms with E-state index in [4.69, 9.17) is 10.5 Å². The lowest BCUT2D eigenvalue weighted by Gasteiger charge is -2.16. The maximum absolute atomic E-state index is 13.2. The van der Waals surface area contributed by atoms with E-state index in [1.165, 1.54) is 6.07 Å². The molecule has 0 aliphatic carbocycles. The number of benzene rings is 1. The number of ether oxygens (including phenoxy) is 1. The van der Waals surface area contributed by atoms with Gasteiger partial charge in [0.2, 0.25) is 0 Å². The lowest BCUT2D eigenvalue weighted by molar-refractivity contribution is 0.104. The molecule has 0 aliphatic heterocycles. The van der Waals surface area contributed by atoms with Crippen LogP contribution in [0.4, 0.5) is 4.39 Å². The third kappa shape index (κ3) is 3.85.